The highest BCUT2D eigenvalue weighted by Crippen LogP contribution is 2.39. The number of nitrogens with one attached hydrogen (secondary N) is 1. The molecule has 0 unspecified atom stereocenters. The molecule has 2 aliphatic rings. The molecule has 0 bridgehead atoms. The third kappa shape index (κ3) is 7.11. The van der Waals surface area contributed by atoms with E-state index in [-0.39, 0.29) is 23.8 Å². The molecule has 1 heterocycles. The van der Waals surface area contributed by atoms with Crippen LogP contribution in [-0.4, -0.2) is 42.8 Å². The normalized spacial score (nSPS) is 21.4. The highest BCUT2D eigenvalue weighted by molar-refractivity contribution is 5.74. The number of hydrogen-bond acceptors (Lipinski definition) is 5. The van der Waals surface area contributed by atoms with Crippen molar-refractivity contribution in [3.8, 4) is 17.2 Å². The van der Waals surface area contributed by atoms with Gasteiger partial charge in [0.15, 0.2) is 0 Å². The van der Waals surface area contributed by atoms with Crippen LogP contribution in [0.5, 0.6) is 17.2 Å². The topological polar surface area (TPSA) is 94.1 Å². The lowest BCUT2D eigenvalue weighted by Gasteiger charge is -2.21. The first-order valence-corrected chi connectivity index (χ1v) is 13.5. The third-order valence-electron chi connectivity index (χ3n) is 7.17. The Morgan fingerprint density at radius 1 is 1.15 bits per heavy atom. The quantitative estimate of drug-likeness (QED) is 0.362. The number of aryl methyl sites for hydroxylation is 2. The van der Waals surface area contributed by atoms with Gasteiger partial charge in [-0.1, -0.05) is 18.7 Å². The van der Waals surface area contributed by atoms with Gasteiger partial charge in [-0.2, -0.15) is 0 Å². The van der Waals surface area contributed by atoms with Gasteiger partial charge >= 0.3 is 5.97 Å². The summed E-state index contributed by atoms with van der Waals surface area (Å²) in [6.45, 7) is 10.6. The van der Waals surface area contributed by atoms with Gasteiger partial charge in [-0.25, -0.2) is 4.39 Å². The molecule has 0 saturated heterocycles. The van der Waals surface area contributed by atoms with Crippen molar-refractivity contribution in [2.75, 3.05) is 19.8 Å². The fourth-order valence-corrected chi connectivity index (χ4v) is 5.29. The summed E-state index contributed by atoms with van der Waals surface area (Å²) in [5, 5.41) is 11.8. The average Bonchev–Trinajstić information content (AvgIpc) is 3.30. The number of halogens is 1. The summed E-state index contributed by atoms with van der Waals surface area (Å²) in [7, 11) is 0. The lowest BCUT2D eigenvalue weighted by Crippen LogP contribution is -2.25. The predicted molar refractivity (Wildman–Crippen MR) is 152 cm³/mol. The number of hydrogen-bond donors (Lipinski definition) is 2. The average molecular weight is 550 g/mol. The van der Waals surface area contributed by atoms with Crippen LogP contribution < -0.4 is 19.5 Å². The number of carboxylic acids is 1. The Bertz CT molecular complexity index is 1340. The summed E-state index contributed by atoms with van der Waals surface area (Å²) >= 11 is 0. The number of amides is 1. The molecule has 2 atom stereocenters. The second-order valence-electron chi connectivity index (χ2n) is 10.3. The van der Waals surface area contributed by atoms with Crippen molar-refractivity contribution in [1.82, 2.24) is 5.32 Å². The standard InChI is InChI=1S/C32H36FNO6/c1-19-14-26(38-13-12-34-22(4)35)15-20(2)32(19)23-6-5-7-29(21(3)28(33)11-8-23)40-25-9-10-27-24(16-31(36)37)18-39-30(27)17-25/h8-11,14-15,17,24,29H,3,5-7,12-13,16,18H2,1-2,4H3,(H,34,35)(H,36,37)/b23-8+,28-11+/t24-,29-/m1/s1. The molecule has 0 fully saturated rings. The summed E-state index contributed by atoms with van der Waals surface area (Å²) in [6.07, 6.45) is 4.78. The monoisotopic (exact) mass is 549 g/mol. The maximum atomic E-state index is 15.2. The molecule has 1 aliphatic heterocycles. The summed E-state index contributed by atoms with van der Waals surface area (Å²) in [5.41, 5.74) is 5.27. The minimum Gasteiger partial charge on any atom is -0.492 e. The molecule has 0 radical (unpaired) electrons. The van der Waals surface area contributed by atoms with E-state index in [0.717, 1.165) is 46.4 Å². The maximum Gasteiger partial charge on any atom is 0.304 e. The van der Waals surface area contributed by atoms with E-state index >= 15 is 4.39 Å². The number of aliphatic carboxylic acids is 1. The van der Waals surface area contributed by atoms with Crippen LogP contribution in [0.2, 0.25) is 0 Å². The fourth-order valence-electron chi connectivity index (χ4n) is 5.29. The smallest absolute Gasteiger partial charge is 0.304 e. The third-order valence-corrected chi connectivity index (χ3v) is 7.17. The highest BCUT2D eigenvalue weighted by atomic mass is 19.1. The molecule has 1 aliphatic carbocycles. The number of fused-ring (bicyclic) bond motifs is 1. The van der Waals surface area contributed by atoms with Crippen LogP contribution in [0.1, 0.15) is 60.8 Å². The Hall–Kier alpha value is -4.07. The first-order valence-electron chi connectivity index (χ1n) is 13.5. The van der Waals surface area contributed by atoms with Crippen molar-refractivity contribution in [1.29, 1.82) is 0 Å². The van der Waals surface area contributed by atoms with E-state index in [2.05, 4.69) is 11.9 Å². The van der Waals surface area contributed by atoms with Gasteiger partial charge in [-0.15, -0.1) is 0 Å². The van der Waals surface area contributed by atoms with Crippen molar-refractivity contribution >= 4 is 17.4 Å². The summed E-state index contributed by atoms with van der Waals surface area (Å²) < 4.78 is 32.9. The zero-order valence-corrected chi connectivity index (χ0v) is 23.2. The van der Waals surface area contributed by atoms with E-state index in [1.54, 1.807) is 12.1 Å². The first kappa shape index (κ1) is 28.9. The Balaban J connectivity index is 1.45. The van der Waals surface area contributed by atoms with Gasteiger partial charge in [0.2, 0.25) is 5.91 Å². The highest BCUT2D eigenvalue weighted by Gasteiger charge is 2.28. The van der Waals surface area contributed by atoms with Crippen LogP contribution >= 0.6 is 0 Å². The zero-order chi connectivity index (χ0) is 28.8. The lowest BCUT2D eigenvalue weighted by molar-refractivity contribution is -0.137. The Morgan fingerprint density at radius 3 is 2.60 bits per heavy atom. The number of carboxylic acid groups (broad SMARTS) is 1. The van der Waals surface area contributed by atoms with Gasteiger partial charge in [0.25, 0.3) is 0 Å². The van der Waals surface area contributed by atoms with Gasteiger partial charge in [0.05, 0.1) is 19.6 Å². The Kier molecular flexibility index (Phi) is 9.30. The molecule has 40 heavy (non-hydrogen) atoms. The fraction of sp³-hybridized carbons (Fsp3) is 0.375. The molecule has 212 valence electrons. The van der Waals surface area contributed by atoms with Gasteiger partial charge in [0, 0.05) is 30.0 Å². The molecule has 0 spiro atoms. The van der Waals surface area contributed by atoms with Crippen molar-refractivity contribution in [2.45, 2.75) is 58.5 Å². The zero-order valence-electron chi connectivity index (χ0n) is 23.2. The summed E-state index contributed by atoms with van der Waals surface area (Å²) in [6, 6.07) is 9.28. The van der Waals surface area contributed by atoms with Crippen LogP contribution in [0.4, 0.5) is 4.39 Å². The van der Waals surface area contributed by atoms with Gasteiger partial charge in [-0.05, 0) is 79.6 Å². The minimum absolute atomic E-state index is 0.00523. The Labute approximate surface area is 234 Å². The molecular formula is C32H36FNO6. The number of allylic oxidation sites excluding steroid dienone is 3. The Morgan fingerprint density at radius 2 is 1.90 bits per heavy atom. The van der Waals surface area contributed by atoms with E-state index in [1.165, 1.54) is 13.0 Å². The maximum absolute atomic E-state index is 15.2. The number of carbonyl (C=O) groups excluding carboxylic acids is 1. The molecule has 0 aromatic heterocycles. The molecule has 2 N–H and O–H groups in total. The van der Waals surface area contributed by atoms with E-state index in [1.807, 2.05) is 38.1 Å². The van der Waals surface area contributed by atoms with Crippen molar-refractivity contribution in [2.24, 2.45) is 0 Å². The van der Waals surface area contributed by atoms with Gasteiger partial charge < -0.3 is 24.6 Å². The lowest BCUT2D eigenvalue weighted by atomic mass is 9.91. The van der Waals surface area contributed by atoms with Crippen LogP contribution in [0, 0.1) is 13.8 Å². The second kappa shape index (κ2) is 12.9. The van der Waals surface area contributed by atoms with E-state index in [4.69, 9.17) is 19.3 Å². The van der Waals surface area contributed by atoms with Crippen LogP contribution in [-0.2, 0) is 9.59 Å². The van der Waals surface area contributed by atoms with Crippen molar-refractivity contribution in [3.63, 3.8) is 0 Å². The minimum atomic E-state index is -0.868. The van der Waals surface area contributed by atoms with Crippen molar-refractivity contribution in [3.05, 3.63) is 82.7 Å². The molecule has 1 amide bonds. The van der Waals surface area contributed by atoms with E-state index < -0.39 is 17.9 Å². The number of ether oxygens (including phenoxy) is 3. The van der Waals surface area contributed by atoms with Crippen LogP contribution in [0.25, 0.3) is 5.57 Å². The SMILES string of the molecule is C=C1/C(F)=C\C=C(\c2c(C)cc(OCCNC(C)=O)cc2C)CCC[C@H]1Oc1ccc2c(c1)OC[C@H]2CC(=O)O. The van der Waals surface area contributed by atoms with Crippen LogP contribution in [0.15, 0.2) is 60.5 Å². The molecule has 4 rings (SSSR count). The first-order chi connectivity index (χ1) is 19.1. The largest absolute Gasteiger partial charge is 0.492 e. The second-order valence-corrected chi connectivity index (χ2v) is 10.3. The van der Waals surface area contributed by atoms with E-state index in [9.17, 15) is 9.59 Å². The molecule has 2 aromatic rings. The summed E-state index contributed by atoms with van der Waals surface area (Å²) in [4.78, 5) is 22.2. The van der Waals surface area contributed by atoms with Crippen LogP contribution in [0.3, 0.4) is 0 Å². The predicted octanol–water partition coefficient (Wildman–Crippen LogP) is 6.19. The molecule has 8 heteroatoms. The molecular weight excluding hydrogens is 513 g/mol. The number of rotatable bonds is 9. The van der Waals surface area contributed by atoms with E-state index in [0.29, 0.717) is 37.7 Å². The molecule has 7 nitrogen and oxygen atoms in total. The molecule has 2 aromatic carbocycles. The number of carbonyl (C=O) groups is 2. The molecule has 0 saturated carbocycles. The van der Waals surface area contributed by atoms with Gasteiger partial charge in [-0.3, -0.25) is 9.59 Å². The summed E-state index contributed by atoms with van der Waals surface area (Å²) in [5.74, 6) is 0.268. The van der Waals surface area contributed by atoms with Crippen molar-refractivity contribution < 1.29 is 33.3 Å². The van der Waals surface area contributed by atoms with Gasteiger partial charge in [0.1, 0.15) is 35.8 Å². The number of benzene rings is 2.